The molecule has 0 spiro atoms. The van der Waals surface area contributed by atoms with Gasteiger partial charge in [-0.3, -0.25) is 25.4 Å². The molecule has 0 aromatic heterocycles. The van der Waals surface area contributed by atoms with Gasteiger partial charge in [-0.05, 0) is 12.5 Å². The van der Waals surface area contributed by atoms with Crippen LogP contribution in [0.3, 0.4) is 0 Å². The lowest BCUT2D eigenvalue weighted by Gasteiger charge is -2.11. The first kappa shape index (κ1) is 16.1. The number of hydrogen-bond donors (Lipinski definition) is 0. The first-order valence-corrected chi connectivity index (χ1v) is 6.42. The average Bonchev–Trinajstić information content (AvgIpc) is 2.85. The van der Waals surface area contributed by atoms with E-state index in [-0.39, 0.29) is 22.8 Å². The highest BCUT2D eigenvalue weighted by Crippen LogP contribution is 2.31. The van der Waals surface area contributed by atoms with E-state index in [0.29, 0.717) is 0 Å². The number of ether oxygens (including phenoxy) is 1. The second kappa shape index (κ2) is 6.25. The molecule has 0 saturated carbocycles. The zero-order valence-electron chi connectivity index (χ0n) is 11.8. The normalized spacial score (nSPS) is 20.0. The van der Waals surface area contributed by atoms with Gasteiger partial charge in [-0.2, -0.15) is 0 Å². The van der Waals surface area contributed by atoms with E-state index in [1.54, 1.807) is 0 Å². The van der Waals surface area contributed by atoms with Crippen molar-refractivity contribution in [1.29, 1.82) is 0 Å². The molecule has 0 amide bonds. The first-order valence-electron chi connectivity index (χ1n) is 6.42. The maximum Gasteiger partial charge on any atom is 0.406 e. The van der Waals surface area contributed by atoms with Crippen molar-refractivity contribution in [2.45, 2.75) is 19.1 Å². The van der Waals surface area contributed by atoms with Crippen LogP contribution in [-0.2, 0) is 14.4 Å². The first-order chi connectivity index (χ1) is 10.9. The summed E-state index contributed by atoms with van der Waals surface area (Å²) in [6.45, 7) is 1.47. The van der Waals surface area contributed by atoms with Crippen LogP contribution in [0.15, 0.2) is 24.3 Å². The predicted octanol–water partition coefficient (Wildman–Crippen LogP) is 0.741. The Hall–Kier alpha value is -3.24. The minimum absolute atomic E-state index is 0.0354. The fourth-order valence-electron chi connectivity index (χ4n) is 2.16. The molecule has 23 heavy (non-hydrogen) atoms. The fourth-order valence-corrected chi connectivity index (χ4v) is 2.16. The largest absolute Gasteiger partial charge is 0.458 e. The van der Waals surface area contributed by atoms with E-state index in [9.17, 15) is 30.2 Å². The number of nitrogens with zero attached hydrogens (tertiary/aromatic N) is 3. The van der Waals surface area contributed by atoms with Crippen LogP contribution in [0, 0.1) is 25.4 Å². The molecule has 122 valence electrons. The van der Waals surface area contributed by atoms with Gasteiger partial charge in [-0.15, -0.1) is 0 Å². The molecule has 2 atom stereocenters. The average molecular weight is 325 g/mol. The monoisotopic (exact) mass is 325 g/mol. The molecular weight excluding hydrogens is 314 g/mol. The van der Waals surface area contributed by atoms with Crippen molar-refractivity contribution in [2.24, 2.45) is 0 Å². The van der Waals surface area contributed by atoms with E-state index in [0.717, 1.165) is 12.1 Å². The number of carbonyl (C=O) groups excluding carboxylic acids is 1. The highest BCUT2D eigenvalue weighted by Gasteiger charge is 2.52. The summed E-state index contributed by atoms with van der Waals surface area (Å²) in [5, 5.41) is 33.4. The van der Waals surface area contributed by atoms with Crippen molar-refractivity contribution in [1.82, 2.24) is 0 Å². The van der Waals surface area contributed by atoms with Crippen molar-refractivity contribution < 1.29 is 29.1 Å². The number of non-ortho nitro benzene ring substituents is 1. The SMILES string of the molecule is CCOC(=O)C1=[N+]([O-])OC([N+](=O)[O-])C1c1ccc([N+](=O)[O-])cc1. The quantitative estimate of drug-likeness (QED) is 0.333. The topological polar surface area (TPSA) is 148 Å². The third kappa shape index (κ3) is 3.02. The van der Waals surface area contributed by atoms with Gasteiger partial charge in [0.15, 0.2) is 5.92 Å². The number of nitro groups is 2. The number of carbonyl (C=O) groups is 1. The number of hydrogen-bond acceptors (Lipinski definition) is 8. The molecule has 0 saturated heterocycles. The lowest BCUT2D eigenvalue weighted by atomic mass is 9.92. The third-order valence-corrected chi connectivity index (χ3v) is 3.14. The Morgan fingerprint density at radius 3 is 2.39 bits per heavy atom. The molecule has 0 fully saturated rings. The summed E-state index contributed by atoms with van der Waals surface area (Å²) in [4.78, 5) is 36.4. The van der Waals surface area contributed by atoms with E-state index in [4.69, 9.17) is 4.74 Å². The maximum atomic E-state index is 11.9. The fraction of sp³-hybridized carbons (Fsp3) is 0.333. The molecule has 2 unspecified atom stereocenters. The minimum Gasteiger partial charge on any atom is -0.458 e. The summed E-state index contributed by atoms with van der Waals surface area (Å²) in [7, 11) is 0. The van der Waals surface area contributed by atoms with Crippen LogP contribution in [0.2, 0.25) is 0 Å². The van der Waals surface area contributed by atoms with Gasteiger partial charge in [0.25, 0.3) is 5.69 Å². The molecule has 11 nitrogen and oxygen atoms in total. The Balaban J connectivity index is 2.45. The second-order valence-corrected chi connectivity index (χ2v) is 4.47. The lowest BCUT2D eigenvalue weighted by molar-refractivity contribution is -0.798. The lowest BCUT2D eigenvalue weighted by Crippen LogP contribution is -2.33. The predicted molar refractivity (Wildman–Crippen MR) is 73.0 cm³/mol. The number of rotatable bonds is 5. The van der Waals surface area contributed by atoms with Gasteiger partial charge in [0.05, 0.1) is 16.4 Å². The van der Waals surface area contributed by atoms with Crippen LogP contribution in [0.4, 0.5) is 5.69 Å². The molecule has 1 heterocycles. The van der Waals surface area contributed by atoms with Crippen molar-refractivity contribution >= 4 is 17.4 Å². The van der Waals surface area contributed by atoms with E-state index < -0.39 is 33.7 Å². The molecule has 1 aliphatic heterocycles. The highest BCUT2D eigenvalue weighted by atomic mass is 16.9. The molecule has 1 aliphatic rings. The Kier molecular flexibility index (Phi) is 4.39. The van der Waals surface area contributed by atoms with Crippen LogP contribution in [0.5, 0.6) is 0 Å². The molecule has 2 rings (SSSR count). The molecule has 0 aliphatic carbocycles. The standard InChI is InChI=1S/C12H11N3O8/c1-2-22-12(16)10-9(11(14(19)20)23-15(10)21)7-3-5-8(6-4-7)13(17)18/h3-6,9,11H,2H2,1H3. The minimum atomic E-state index is -1.83. The smallest absolute Gasteiger partial charge is 0.406 e. The van der Waals surface area contributed by atoms with Crippen LogP contribution in [0.25, 0.3) is 0 Å². The summed E-state index contributed by atoms with van der Waals surface area (Å²) in [5.74, 6) is -2.38. The zero-order valence-corrected chi connectivity index (χ0v) is 11.8. The van der Waals surface area contributed by atoms with Crippen molar-refractivity contribution in [3.63, 3.8) is 0 Å². The van der Waals surface area contributed by atoms with Gasteiger partial charge in [0.2, 0.25) is 0 Å². The number of nitro benzene ring substituents is 1. The molecule has 1 aromatic carbocycles. The Labute approximate surface area is 128 Å². The Morgan fingerprint density at radius 2 is 1.91 bits per heavy atom. The van der Waals surface area contributed by atoms with E-state index in [1.807, 2.05) is 0 Å². The molecule has 1 aromatic rings. The Morgan fingerprint density at radius 1 is 1.30 bits per heavy atom. The number of benzene rings is 1. The van der Waals surface area contributed by atoms with Crippen LogP contribution in [-0.4, -0.2) is 39.3 Å². The van der Waals surface area contributed by atoms with Crippen molar-refractivity contribution in [2.75, 3.05) is 6.61 Å². The molecule has 11 heteroatoms. The summed E-state index contributed by atoms with van der Waals surface area (Å²) >= 11 is 0. The van der Waals surface area contributed by atoms with Gasteiger partial charge in [0.1, 0.15) is 0 Å². The molecule has 0 N–H and O–H groups in total. The Bertz CT molecular complexity index is 684. The van der Waals surface area contributed by atoms with E-state index in [1.165, 1.54) is 19.1 Å². The highest BCUT2D eigenvalue weighted by molar-refractivity contribution is 6.36. The molecule has 0 radical (unpaired) electrons. The van der Waals surface area contributed by atoms with E-state index in [2.05, 4.69) is 4.84 Å². The van der Waals surface area contributed by atoms with Crippen molar-refractivity contribution in [3.05, 3.63) is 55.3 Å². The van der Waals surface area contributed by atoms with Gasteiger partial charge < -0.3 is 9.57 Å². The molecular formula is C12H11N3O8. The summed E-state index contributed by atoms with van der Waals surface area (Å²) in [6, 6.07) is 4.67. The summed E-state index contributed by atoms with van der Waals surface area (Å²) in [5.41, 5.74) is -0.664. The summed E-state index contributed by atoms with van der Waals surface area (Å²) in [6.07, 6.45) is -1.83. The van der Waals surface area contributed by atoms with Gasteiger partial charge in [-0.25, -0.2) is 4.79 Å². The zero-order chi connectivity index (χ0) is 17.1. The van der Waals surface area contributed by atoms with Crippen LogP contribution >= 0.6 is 0 Å². The second-order valence-electron chi connectivity index (χ2n) is 4.47. The third-order valence-electron chi connectivity index (χ3n) is 3.14. The van der Waals surface area contributed by atoms with Gasteiger partial charge in [-0.1, -0.05) is 12.1 Å². The summed E-state index contributed by atoms with van der Waals surface area (Å²) < 4.78 is 4.71. The maximum absolute atomic E-state index is 11.9. The van der Waals surface area contributed by atoms with E-state index >= 15 is 0 Å². The van der Waals surface area contributed by atoms with Gasteiger partial charge in [0, 0.05) is 17.1 Å². The van der Waals surface area contributed by atoms with Crippen LogP contribution in [0.1, 0.15) is 18.4 Å². The van der Waals surface area contributed by atoms with Gasteiger partial charge >= 0.3 is 17.9 Å². The number of esters is 1. The molecule has 0 bridgehead atoms. The van der Waals surface area contributed by atoms with Crippen LogP contribution < -0.4 is 0 Å². The van der Waals surface area contributed by atoms with Crippen molar-refractivity contribution in [3.8, 4) is 0 Å².